The molecule has 0 saturated heterocycles. The van der Waals surface area contributed by atoms with E-state index in [-0.39, 0.29) is 0 Å². The molecule has 1 N–H and O–H groups in total. The van der Waals surface area contributed by atoms with Crippen LogP contribution in [0.4, 0.5) is 11.4 Å². The molecule has 4 bridgehead atoms. The number of benzene rings is 2. The fourth-order valence-corrected chi connectivity index (χ4v) is 4.02. The zero-order valence-corrected chi connectivity index (χ0v) is 9.41. The summed E-state index contributed by atoms with van der Waals surface area (Å²) in [5.74, 6) is 0. The zero-order chi connectivity index (χ0) is 9.83. The van der Waals surface area contributed by atoms with E-state index in [2.05, 4.69) is 41.7 Å². The molecule has 0 radical (unpaired) electrons. The minimum absolute atomic E-state index is 1.23. The van der Waals surface area contributed by atoms with Gasteiger partial charge in [-0.1, -0.05) is 0 Å². The predicted molar refractivity (Wildman–Crippen MR) is 69.3 cm³/mol. The Balaban J connectivity index is 2.42. The second-order valence-corrected chi connectivity index (χ2v) is 5.88. The number of anilines is 2. The SMILES string of the molecule is c1cc2cc3sc4cc(ccc4Nc13)s2. The van der Waals surface area contributed by atoms with Gasteiger partial charge < -0.3 is 5.32 Å². The Bertz CT molecular complexity index is 649. The first-order chi connectivity index (χ1) is 7.38. The van der Waals surface area contributed by atoms with Gasteiger partial charge >= 0.3 is 0 Å². The highest BCUT2D eigenvalue weighted by Crippen LogP contribution is 2.39. The molecule has 3 heteroatoms. The van der Waals surface area contributed by atoms with E-state index in [1.807, 2.05) is 22.7 Å². The van der Waals surface area contributed by atoms with Crippen molar-refractivity contribution < 1.29 is 0 Å². The minimum atomic E-state index is 1.23. The lowest BCUT2D eigenvalue weighted by Crippen LogP contribution is -1.93. The van der Waals surface area contributed by atoms with E-state index in [4.69, 9.17) is 0 Å². The monoisotopic (exact) mass is 229 g/mol. The van der Waals surface area contributed by atoms with Gasteiger partial charge in [0.2, 0.25) is 0 Å². The van der Waals surface area contributed by atoms with E-state index in [1.54, 1.807) is 0 Å². The molecule has 1 aliphatic rings. The lowest BCUT2D eigenvalue weighted by atomic mass is 10.2. The van der Waals surface area contributed by atoms with Crippen LogP contribution in [0.1, 0.15) is 0 Å². The Labute approximate surface area is 94.6 Å². The Morgan fingerprint density at radius 3 is 1.93 bits per heavy atom. The fraction of sp³-hybridized carbons (Fsp3) is 0. The van der Waals surface area contributed by atoms with Gasteiger partial charge in [-0.3, -0.25) is 0 Å². The molecule has 15 heavy (non-hydrogen) atoms. The van der Waals surface area contributed by atoms with Crippen molar-refractivity contribution in [3.63, 3.8) is 0 Å². The molecular weight excluding hydrogens is 222 g/mol. The van der Waals surface area contributed by atoms with E-state index in [1.165, 1.54) is 30.2 Å². The van der Waals surface area contributed by atoms with Crippen LogP contribution in [-0.2, 0) is 0 Å². The molecule has 1 aromatic heterocycles. The fourth-order valence-electron chi connectivity index (χ4n) is 1.91. The summed E-state index contributed by atoms with van der Waals surface area (Å²) in [7, 11) is 0. The minimum Gasteiger partial charge on any atom is -0.353 e. The standard InChI is InChI=1S/C12H7NS2/c1-3-9-11-5-7(1)14-8-2-4-10(13-9)12(6-8)15-11/h1-6,13H. The largest absolute Gasteiger partial charge is 0.353 e. The average molecular weight is 229 g/mol. The van der Waals surface area contributed by atoms with Crippen LogP contribution < -0.4 is 5.32 Å². The highest BCUT2D eigenvalue weighted by Gasteiger charge is 2.08. The van der Waals surface area contributed by atoms with Crippen molar-refractivity contribution in [1.29, 1.82) is 0 Å². The van der Waals surface area contributed by atoms with Gasteiger partial charge in [0.1, 0.15) is 0 Å². The van der Waals surface area contributed by atoms with E-state index in [9.17, 15) is 0 Å². The highest BCUT2D eigenvalue weighted by molar-refractivity contribution is 7.27. The number of fused-ring (bicyclic) bond motifs is 2. The lowest BCUT2D eigenvalue weighted by molar-refractivity contribution is 1.65. The summed E-state index contributed by atoms with van der Waals surface area (Å²) in [5, 5.41) is 3.46. The summed E-state index contributed by atoms with van der Waals surface area (Å²) in [6.45, 7) is 0. The van der Waals surface area contributed by atoms with Crippen LogP contribution in [0.5, 0.6) is 0 Å². The van der Waals surface area contributed by atoms with Crippen molar-refractivity contribution in [2.45, 2.75) is 0 Å². The van der Waals surface area contributed by atoms with Crippen molar-refractivity contribution in [3.8, 4) is 0 Å². The summed E-state index contributed by atoms with van der Waals surface area (Å²) in [4.78, 5) is 0. The number of nitrogens with one attached hydrogen (secondary N) is 1. The van der Waals surface area contributed by atoms with Crippen LogP contribution in [0, 0.1) is 0 Å². The van der Waals surface area contributed by atoms with Gasteiger partial charge in [-0.2, -0.15) is 0 Å². The molecule has 0 saturated carbocycles. The maximum Gasteiger partial charge on any atom is 0.0560 e. The van der Waals surface area contributed by atoms with Gasteiger partial charge in [-0.15, -0.1) is 22.7 Å². The van der Waals surface area contributed by atoms with Crippen LogP contribution in [0.3, 0.4) is 0 Å². The molecule has 0 fully saturated rings. The topological polar surface area (TPSA) is 12.0 Å². The van der Waals surface area contributed by atoms with Crippen LogP contribution in [0.25, 0.3) is 18.8 Å². The molecule has 1 aliphatic heterocycles. The summed E-state index contributed by atoms with van der Waals surface area (Å²) >= 11 is 3.70. The van der Waals surface area contributed by atoms with E-state index in [0.29, 0.717) is 0 Å². The van der Waals surface area contributed by atoms with Gasteiger partial charge in [0.15, 0.2) is 0 Å². The number of hydrogen-bond donors (Lipinski definition) is 1. The van der Waals surface area contributed by atoms with Crippen molar-refractivity contribution in [2.75, 3.05) is 5.32 Å². The Morgan fingerprint density at radius 1 is 0.733 bits per heavy atom. The molecule has 72 valence electrons. The molecule has 0 atom stereocenters. The molecule has 0 aliphatic carbocycles. The lowest BCUT2D eigenvalue weighted by Gasteiger charge is -2.14. The van der Waals surface area contributed by atoms with E-state index >= 15 is 0 Å². The number of hydrogen-bond acceptors (Lipinski definition) is 3. The van der Waals surface area contributed by atoms with Crippen molar-refractivity contribution in [3.05, 3.63) is 36.4 Å². The number of rotatable bonds is 0. The van der Waals surface area contributed by atoms with Crippen LogP contribution in [0.2, 0.25) is 0 Å². The first kappa shape index (κ1) is 7.91. The Hall–Kier alpha value is -1.32. The van der Waals surface area contributed by atoms with Crippen LogP contribution in [0.15, 0.2) is 36.4 Å². The maximum atomic E-state index is 3.46. The molecule has 2 aromatic carbocycles. The molecule has 0 spiro atoms. The van der Waals surface area contributed by atoms with Crippen molar-refractivity contribution in [1.82, 2.24) is 0 Å². The molecular formula is C12H7NS2. The third kappa shape index (κ3) is 1.07. The average Bonchev–Trinajstić information content (AvgIpc) is 2.27. The summed E-state index contributed by atoms with van der Waals surface area (Å²) < 4.78 is 5.32. The van der Waals surface area contributed by atoms with Gasteiger partial charge in [-0.05, 0) is 36.4 Å². The Morgan fingerprint density at radius 2 is 1.33 bits per heavy atom. The highest BCUT2D eigenvalue weighted by atomic mass is 32.1. The quantitative estimate of drug-likeness (QED) is 0.459. The molecule has 3 aromatic rings. The third-order valence-corrected chi connectivity index (χ3v) is 4.73. The zero-order valence-electron chi connectivity index (χ0n) is 7.78. The summed E-state index contributed by atoms with van der Waals surface area (Å²) in [5.41, 5.74) is 2.46. The summed E-state index contributed by atoms with van der Waals surface area (Å²) in [6.07, 6.45) is 0. The smallest absolute Gasteiger partial charge is 0.0560 e. The normalized spacial score (nSPS) is 12.5. The van der Waals surface area contributed by atoms with Gasteiger partial charge in [0, 0.05) is 9.40 Å². The van der Waals surface area contributed by atoms with Crippen molar-refractivity contribution >= 4 is 52.8 Å². The first-order valence-electron chi connectivity index (χ1n) is 4.79. The molecule has 4 rings (SSSR count). The van der Waals surface area contributed by atoms with Crippen molar-refractivity contribution in [2.24, 2.45) is 0 Å². The van der Waals surface area contributed by atoms with Crippen LogP contribution in [-0.4, -0.2) is 0 Å². The molecule has 2 heterocycles. The third-order valence-electron chi connectivity index (χ3n) is 2.63. The van der Waals surface area contributed by atoms with Crippen LogP contribution >= 0.6 is 22.7 Å². The first-order valence-corrected chi connectivity index (χ1v) is 6.43. The van der Waals surface area contributed by atoms with Gasteiger partial charge in [-0.25, -0.2) is 0 Å². The molecule has 0 amide bonds. The second-order valence-electron chi connectivity index (χ2n) is 3.65. The summed E-state index contributed by atoms with van der Waals surface area (Å²) in [6, 6.07) is 13.2. The predicted octanol–water partition coefficient (Wildman–Crippen LogP) is 4.74. The van der Waals surface area contributed by atoms with Gasteiger partial charge in [0.05, 0.1) is 20.8 Å². The molecule has 0 unspecified atom stereocenters. The van der Waals surface area contributed by atoms with E-state index in [0.717, 1.165) is 0 Å². The molecule has 1 nitrogen and oxygen atoms in total. The second kappa shape index (κ2) is 2.62. The van der Waals surface area contributed by atoms with Gasteiger partial charge in [0.25, 0.3) is 0 Å². The maximum absolute atomic E-state index is 3.46. The van der Waals surface area contributed by atoms with E-state index < -0.39 is 0 Å². The Kier molecular flexibility index (Phi) is 1.38.